The van der Waals surface area contributed by atoms with Crippen LogP contribution in [0.3, 0.4) is 0 Å². The number of aliphatic hydroxyl groups excluding tert-OH is 1. The largest absolute Gasteiger partial charge is 0.392 e. The van der Waals surface area contributed by atoms with Crippen LogP contribution in [0.4, 0.5) is 0 Å². The minimum Gasteiger partial charge on any atom is -0.392 e. The Bertz CT molecular complexity index is 813. The number of aliphatic hydroxyl groups is 1. The van der Waals surface area contributed by atoms with Crippen molar-refractivity contribution in [3.05, 3.63) is 32.6 Å². The Balaban J connectivity index is 2.50. The molecular weight excluding hydrogens is 332 g/mol. The van der Waals surface area contributed by atoms with Crippen molar-refractivity contribution in [3.63, 3.8) is 0 Å². The first-order valence-corrected chi connectivity index (χ1v) is 8.76. The third-order valence-corrected chi connectivity index (χ3v) is 6.38. The van der Waals surface area contributed by atoms with Gasteiger partial charge in [0.05, 0.1) is 11.9 Å². The Morgan fingerprint density at radius 2 is 2.17 bits per heavy atom. The van der Waals surface area contributed by atoms with Gasteiger partial charge in [0.1, 0.15) is 6.23 Å². The zero-order valence-corrected chi connectivity index (χ0v) is 15.0. The van der Waals surface area contributed by atoms with Gasteiger partial charge in [-0.1, -0.05) is 5.92 Å². The predicted octanol–water partition coefficient (Wildman–Crippen LogP) is 0.0440. The molecule has 24 heavy (non-hydrogen) atoms. The van der Waals surface area contributed by atoms with Crippen LogP contribution in [0.25, 0.3) is 0 Å². The summed E-state index contributed by atoms with van der Waals surface area (Å²) >= 11 is 0. The van der Waals surface area contributed by atoms with E-state index in [1.54, 1.807) is 6.92 Å². The van der Waals surface area contributed by atoms with Crippen LogP contribution in [0.5, 0.6) is 0 Å². The van der Waals surface area contributed by atoms with Crippen LogP contribution in [-0.2, 0) is 15.5 Å². The number of aromatic nitrogens is 2. The first kappa shape index (κ1) is 18.6. The molecule has 1 aromatic heterocycles. The van der Waals surface area contributed by atoms with Crippen LogP contribution in [0.15, 0.2) is 15.8 Å². The normalized spacial score (nSPS) is 28.5. The fourth-order valence-electron chi connectivity index (χ4n) is 2.71. The summed E-state index contributed by atoms with van der Waals surface area (Å²) in [6, 6.07) is 0. The van der Waals surface area contributed by atoms with E-state index in [9.17, 15) is 18.9 Å². The van der Waals surface area contributed by atoms with Crippen molar-refractivity contribution < 1.29 is 14.1 Å². The number of aromatic amines is 1. The SMILES string of the molecule is C#CC1(CO)OC(n2cc(C)c(=O)[nH]c2=O)CC1S(=O)C(C)(C)C. The summed E-state index contributed by atoms with van der Waals surface area (Å²) < 4.78 is 19.3. The molecule has 2 heterocycles. The van der Waals surface area contributed by atoms with Crippen LogP contribution >= 0.6 is 0 Å². The lowest BCUT2D eigenvalue weighted by Gasteiger charge is -2.31. The summed E-state index contributed by atoms with van der Waals surface area (Å²) in [4.78, 5) is 25.8. The van der Waals surface area contributed by atoms with Crippen molar-refractivity contribution >= 4 is 10.8 Å². The third-order valence-electron chi connectivity index (χ3n) is 4.08. The highest BCUT2D eigenvalue weighted by molar-refractivity contribution is 7.87. The highest BCUT2D eigenvalue weighted by Gasteiger charge is 2.53. The first-order valence-electron chi connectivity index (χ1n) is 7.55. The van der Waals surface area contributed by atoms with E-state index in [1.807, 2.05) is 20.8 Å². The van der Waals surface area contributed by atoms with Gasteiger partial charge in [-0.25, -0.2) is 4.79 Å². The molecule has 2 rings (SSSR count). The van der Waals surface area contributed by atoms with E-state index in [-0.39, 0.29) is 6.42 Å². The summed E-state index contributed by atoms with van der Waals surface area (Å²) in [6.07, 6.45) is 6.33. The lowest BCUT2D eigenvalue weighted by molar-refractivity contribution is -0.0639. The van der Waals surface area contributed by atoms with E-state index in [0.29, 0.717) is 5.56 Å². The minimum absolute atomic E-state index is 0.194. The van der Waals surface area contributed by atoms with Crippen LogP contribution in [0.1, 0.15) is 39.0 Å². The summed E-state index contributed by atoms with van der Waals surface area (Å²) in [5.41, 5.74) is -2.21. The number of nitrogens with one attached hydrogen (secondary N) is 1. The second kappa shape index (κ2) is 6.31. The van der Waals surface area contributed by atoms with Gasteiger partial charge in [-0.15, -0.1) is 6.42 Å². The highest BCUT2D eigenvalue weighted by atomic mass is 32.2. The molecule has 8 heteroatoms. The lowest BCUT2D eigenvalue weighted by atomic mass is 10.0. The Kier molecular flexibility index (Phi) is 4.91. The van der Waals surface area contributed by atoms with E-state index in [1.165, 1.54) is 10.8 Å². The maximum absolute atomic E-state index is 12.9. The molecule has 1 aromatic rings. The van der Waals surface area contributed by atoms with Gasteiger partial charge in [0.25, 0.3) is 5.56 Å². The molecule has 132 valence electrons. The van der Waals surface area contributed by atoms with Crippen LogP contribution in [-0.4, -0.2) is 41.1 Å². The zero-order chi connectivity index (χ0) is 18.3. The molecule has 1 fully saturated rings. The maximum atomic E-state index is 12.9. The van der Waals surface area contributed by atoms with Crippen molar-refractivity contribution in [2.45, 2.75) is 55.9 Å². The number of rotatable bonds is 3. The van der Waals surface area contributed by atoms with Gasteiger partial charge >= 0.3 is 5.69 Å². The number of hydrogen-bond donors (Lipinski definition) is 2. The topological polar surface area (TPSA) is 101 Å². The number of aryl methyl sites for hydroxylation is 1. The molecule has 0 amide bonds. The van der Waals surface area contributed by atoms with Crippen molar-refractivity contribution in [1.82, 2.24) is 9.55 Å². The van der Waals surface area contributed by atoms with Gasteiger partial charge in [0.15, 0.2) is 5.60 Å². The lowest BCUT2D eigenvalue weighted by Crippen LogP contribution is -2.47. The predicted molar refractivity (Wildman–Crippen MR) is 91.1 cm³/mol. The van der Waals surface area contributed by atoms with Gasteiger partial charge in [0, 0.05) is 33.7 Å². The van der Waals surface area contributed by atoms with Gasteiger partial charge in [-0.05, 0) is 27.7 Å². The smallest absolute Gasteiger partial charge is 0.330 e. The molecule has 4 unspecified atom stereocenters. The molecule has 0 bridgehead atoms. The monoisotopic (exact) mass is 354 g/mol. The zero-order valence-electron chi connectivity index (χ0n) is 14.2. The standard InChI is InChI=1S/C16H22N2O5S/c1-6-16(9-19)11(24(22)15(3,4)5)7-12(23-16)18-8-10(2)13(20)17-14(18)21/h1,8,11-12,19H,7,9H2,2-5H3,(H,17,20,21). The van der Waals surface area contributed by atoms with Crippen molar-refractivity contribution in [1.29, 1.82) is 0 Å². The number of H-pyrrole nitrogens is 1. The van der Waals surface area contributed by atoms with Crippen LogP contribution in [0, 0.1) is 19.3 Å². The highest BCUT2D eigenvalue weighted by Crippen LogP contribution is 2.41. The summed E-state index contributed by atoms with van der Waals surface area (Å²) in [6.45, 7) is 6.49. The molecule has 0 aromatic carbocycles. The fraction of sp³-hybridized carbons (Fsp3) is 0.625. The maximum Gasteiger partial charge on any atom is 0.330 e. The van der Waals surface area contributed by atoms with E-state index >= 15 is 0 Å². The molecule has 1 aliphatic rings. The van der Waals surface area contributed by atoms with E-state index in [4.69, 9.17) is 11.2 Å². The van der Waals surface area contributed by atoms with Gasteiger partial charge in [-0.2, -0.15) is 0 Å². The van der Waals surface area contributed by atoms with Crippen molar-refractivity contribution in [2.75, 3.05) is 6.61 Å². The summed E-state index contributed by atoms with van der Waals surface area (Å²) in [5.74, 6) is 2.42. The van der Waals surface area contributed by atoms with Crippen LogP contribution < -0.4 is 11.2 Å². The number of terminal acetylenes is 1. The van der Waals surface area contributed by atoms with Crippen molar-refractivity contribution in [3.8, 4) is 12.3 Å². The van der Waals surface area contributed by atoms with E-state index in [0.717, 1.165) is 0 Å². The molecule has 2 N–H and O–H groups in total. The molecular formula is C16H22N2O5S. The number of ether oxygens (including phenoxy) is 1. The fourth-order valence-corrected chi connectivity index (χ4v) is 4.45. The molecule has 1 aliphatic heterocycles. The Morgan fingerprint density at radius 3 is 2.67 bits per heavy atom. The third kappa shape index (κ3) is 3.11. The molecule has 4 atom stereocenters. The molecule has 0 aliphatic carbocycles. The summed E-state index contributed by atoms with van der Waals surface area (Å²) in [5, 5.41) is 9.15. The van der Waals surface area contributed by atoms with Crippen molar-refractivity contribution in [2.24, 2.45) is 0 Å². The van der Waals surface area contributed by atoms with Gasteiger partial charge in [-0.3, -0.25) is 18.6 Å². The first-order chi connectivity index (χ1) is 11.1. The average Bonchev–Trinajstić information content (AvgIpc) is 2.89. The Morgan fingerprint density at radius 1 is 1.54 bits per heavy atom. The molecule has 7 nitrogen and oxygen atoms in total. The molecule has 0 spiro atoms. The molecule has 0 saturated carbocycles. The van der Waals surface area contributed by atoms with Gasteiger partial charge in [0.2, 0.25) is 0 Å². The van der Waals surface area contributed by atoms with Crippen LogP contribution in [0.2, 0.25) is 0 Å². The molecule has 1 saturated heterocycles. The second-order valence-electron chi connectivity index (χ2n) is 6.88. The van der Waals surface area contributed by atoms with E-state index < -0.39 is 50.5 Å². The summed E-state index contributed by atoms with van der Waals surface area (Å²) in [7, 11) is -1.41. The van der Waals surface area contributed by atoms with E-state index in [2.05, 4.69) is 10.9 Å². The number of hydrogen-bond acceptors (Lipinski definition) is 5. The Labute approximate surface area is 142 Å². The second-order valence-corrected chi connectivity index (χ2v) is 9.27. The van der Waals surface area contributed by atoms with Gasteiger partial charge < -0.3 is 9.84 Å². The Hall–Kier alpha value is -1.69. The number of nitrogens with zero attached hydrogens (tertiary/aromatic N) is 1. The minimum atomic E-state index is -1.44. The quantitative estimate of drug-likeness (QED) is 0.747. The average molecular weight is 354 g/mol. The molecule has 0 radical (unpaired) electrons.